The van der Waals surface area contributed by atoms with E-state index in [4.69, 9.17) is 16.3 Å². The van der Waals surface area contributed by atoms with Crippen LogP contribution in [0.25, 0.3) is 0 Å². The zero-order valence-corrected chi connectivity index (χ0v) is 16.8. The Morgan fingerprint density at radius 3 is 2.20 bits per heavy atom. The molecule has 0 saturated heterocycles. The van der Waals surface area contributed by atoms with E-state index in [1.54, 1.807) is 86.0 Å². The zero-order chi connectivity index (χ0) is 21.3. The molecule has 1 aliphatic rings. The molecule has 1 heterocycles. The van der Waals surface area contributed by atoms with Gasteiger partial charge in [0, 0.05) is 16.3 Å². The monoisotopic (exact) mass is 419 g/mol. The van der Waals surface area contributed by atoms with Crippen LogP contribution in [0.2, 0.25) is 5.02 Å². The summed E-state index contributed by atoms with van der Waals surface area (Å²) in [6, 6.07) is 21.5. The molecule has 0 fully saturated rings. The molecule has 0 spiro atoms. The molecule has 1 atom stereocenters. The minimum absolute atomic E-state index is 0.0318. The molecule has 0 aliphatic carbocycles. The third kappa shape index (κ3) is 3.44. The summed E-state index contributed by atoms with van der Waals surface area (Å²) in [7, 11) is 1.55. The van der Waals surface area contributed by atoms with Crippen LogP contribution in [0.5, 0.6) is 5.75 Å². The van der Waals surface area contributed by atoms with Crippen molar-refractivity contribution in [3.8, 4) is 5.75 Å². The smallest absolute Gasteiger partial charge is 0.294 e. The number of aliphatic hydroxyl groups excluding tert-OH is 1. The average molecular weight is 420 g/mol. The summed E-state index contributed by atoms with van der Waals surface area (Å²) in [4.78, 5) is 27.8. The highest BCUT2D eigenvalue weighted by Crippen LogP contribution is 2.42. The number of hydrogen-bond donors (Lipinski definition) is 1. The topological polar surface area (TPSA) is 66.8 Å². The van der Waals surface area contributed by atoms with Crippen LogP contribution < -0.4 is 9.64 Å². The van der Waals surface area contributed by atoms with Gasteiger partial charge in [0.2, 0.25) is 0 Å². The lowest BCUT2D eigenvalue weighted by atomic mass is 9.92. The maximum absolute atomic E-state index is 13.3. The maximum atomic E-state index is 13.3. The van der Waals surface area contributed by atoms with Gasteiger partial charge >= 0.3 is 0 Å². The van der Waals surface area contributed by atoms with Crippen molar-refractivity contribution in [2.24, 2.45) is 0 Å². The van der Waals surface area contributed by atoms with Crippen molar-refractivity contribution in [2.75, 3.05) is 12.0 Å². The lowest BCUT2D eigenvalue weighted by molar-refractivity contribution is -0.117. The zero-order valence-electron chi connectivity index (χ0n) is 16.1. The average Bonchev–Trinajstić information content (AvgIpc) is 3.05. The van der Waals surface area contributed by atoms with Gasteiger partial charge in [-0.1, -0.05) is 54.1 Å². The highest BCUT2D eigenvalue weighted by Gasteiger charge is 2.44. The highest BCUT2D eigenvalue weighted by atomic mass is 35.5. The van der Waals surface area contributed by atoms with Crippen LogP contribution in [-0.2, 0) is 4.79 Å². The summed E-state index contributed by atoms with van der Waals surface area (Å²) in [6.45, 7) is 0. The number of ketones is 1. The quantitative estimate of drug-likeness (QED) is 0.582. The van der Waals surface area contributed by atoms with Crippen molar-refractivity contribution >= 4 is 29.0 Å². The number of carbonyl (C=O) groups excluding carboxylic acids is 2. The fraction of sp³-hybridized carbons (Fsp3) is 0.0833. The summed E-state index contributed by atoms with van der Waals surface area (Å²) >= 11 is 6.03. The van der Waals surface area contributed by atoms with Crippen LogP contribution >= 0.6 is 11.6 Å². The molecule has 0 radical (unpaired) electrons. The fourth-order valence-electron chi connectivity index (χ4n) is 3.55. The molecule has 1 unspecified atom stereocenters. The number of halogens is 1. The number of aliphatic hydroxyl groups is 1. The summed E-state index contributed by atoms with van der Waals surface area (Å²) < 4.78 is 5.19. The van der Waals surface area contributed by atoms with Crippen LogP contribution in [0, 0.1) is 0 Å². The predicted molar refractivity (Wildman–Crippen MR) is 115 cm³/mol. The van der Waals surface area contributed by atoms with Crippen LogP contribution in [-0.4, -0.2) is 23.9 Å². The fourth-order valence-corrected chi connectivity index (χ4v) is 3.68. The first-order valence-electron chi connectivity index (χ1n) is 9.27. The van der Waals surface area contributed by atoms with Gasteiger partial charge in [0.15, 0.2) is 11.5 Å². The number of ether oxygens (including phenoxy) is 1. The highest BCUT2D eigenvalue weighted by molar-refractivity contribution is 6.30. The van der Waals surface area contributed by atoms with Crippen LogP contribution in [0.15, 0.2) is 90.2 Å². The number of carbonyl (C=O) groups is 2. The van der Waals surface area contributed by atoms with Gasteiger partial charge in [-0.25, -0.2) is 0 Å². The van der Waals surface area contributed by atoms with Gasteiger partial charge in [-0.3, -0.25) is 14.5 Å². The third-order valence-electron chi connectivity index (χ3n) is 5.03. The van der Waals surface area contributed by atoms with Crippen molar-refractivity contribution in [3.63, 3.8) is 0 Å². The van der Waals surface area contributed by atoms with Gasteiger partial charge in [-0.2, -0.15) is 0 Å². The first kappa shape index (κ1) is 19.7. The van der Waals surface area contributed by atoms with Gasteiger partial charge in [-0.05, 0) is 42.0 Å². The number of benzene rings is 3. The van der Waals surface area contributed by atoms with Crippen molar-refractivity contribution in [3.05, 3.63) is 106 Å². The van der Waals surface area contributed by atoms with E-state index in [2.05, 4.69) is 0 Å². The Morgan fingerprint density at radius 2 is 1.60 bits per heavy atom. The van der Waals surface area contributed by atoms with E-state index in [0.29, 0.717) is 27.6 Å². The Hall–Kier alpha value is -3.57. The van der Waals surface area contributed by atoms with Crippen molar-refractivity contribution in [1.29, 1.82) is 0 Å². The number of nitrogens with zero attached hydrogens (tertiary/aromatic N) is 1. The van der Waals surface area contributed by atoms with E-state index in [0.717, 1.165) is 0 Å². The Morgan fingerprint density at radius 1 is 0.967 bits per heavy atom. The Kier molecular flexibility index (Phi) is 5.29. The molecule has 0 saturated carbocycles. The molecule has 30 heavy (non-hydrogen) atoms. The van der Waals surface area contributed by atoms with Crippen molar-refractivity contribution in [2.45, 2.75) is 6.04 Å². The van der Waals surface area contributed by atoms with Crippen molar-refractivity contribution < 1.29 is 19.4 Å². The van der Waals surface area contributed by atoms with Gasteiger partial charge in [0.05, 0.1) is 18.7 Å². The molecule has 6 heteroatoms. The van der Waals surface area contributed by atoms with E-state index in [1.165, 1.54) is 4.90 Å². The molecule has 3 aromatic carbocycles. The number of amides is 1. The van der Waals surface area contributed by atoms with Gasteiger partial charge in [-0.15, -0.1) is 0 Å². The largest absolute Gasteiger partial charge is 0.503 e. The molecular weight excluding hydrogens is 402 g/mol. The Balaban J connectivity index is 1.85. The van der Waals surface area contributed by atoms with Crippen LogP contribution in [0.3, 0.4) is 0 Å². The molecular formula is C24H18ClNO4. The number of anilines is 1. The SMILES string of the molecule is COc1ccc(N2C(=O)C(O)=C(C(=O)c3ccccc3)C2c2ccc(Cl)cc2)cc1. The van der Waals surface area contributed by atoms with Crippen molar-refractivity contribution in [1.82, 2.24) is 0 Å². The third-order valence-corrected chi connectivity index (χ3v) is 5.28. The summed E-state index contributed by atoms with van der Waals surface area (Å²) in [5.41, 5.74) is 1.61. The second kappa shape index (κ2) is 8.05. The standard InChI is InChI=1S/C24H18ClNO4/c1-30-19-13-11-18(12-14-19)26-21(15-7-9-17(25)10-8-15)20(23(28)24(26)29)22(27)16-5-3-2-4-6-16/h2-14,21,28H,1H3. The van der Waals surface area contributed by atoms with Gasteiger partial charge in [0.1, 0.15) is 5.75 Å². The maximum Gasteiger partial charge on any atom is 0.294 e. The number of methoxy groups -OCH3 is 1. The first-order chi connectivity index (χ1) is 14.5. The second-order valence-electron chi connectivity index (χ2n) is 6.78. The van der Waals surface area contributed by atoms with E-state index in [-0.39, 0.29) is 5.57 Å². The molecule has 3 aromatic rings. The van der Waals surface area contributed by atoms with Crippen LogP contribution in [0.1, 0.15) is 22.0 Å². The molecule has 1 amide bonds. The van der Waals surface area contributed by atoms with Gasteiger partial charge in [0.25, 0.3) is 5.91 Å². The normalized spacial score (nSPS) is 16.1. The minimum atomic E-state index is -0.795. The van der Waals surface area contributed by atoms with E-state index in [9.17, 15) is 14.7 Å². The first-order valence-corrected chi connectivity index (χ1v) is 9.65. The minimum Gasteiger partial charge on any atom is -0.503 e. The molecule has 1 N–H and O–H groups in total. The predicted octanol–water partition coefficient (Wildman–Crippen LogP) is 5.13. The lowest BCUT2D eigenvalue weighted by Gasteiger charge is -2.27. The van der Waals surface area contributed by atoms with Crippen LogP contribution in [0.4, 0.5) is 5.69 Å². The molecule has 1 aliphatic heterocycles. The summed E-state index contributed by atoms with van der Waals surface area (Å²) in [5, 5.41) is 11.3. The summed E-state index contributed by atoms with van der Waals surface area (Å²) in [5.74, 6) is -0.970. The summed E-state index contributed by atoms with van der Waals surface area (Å²) in [6.07, 6.45) is 0. The lowest BCUT2D eigenvalue weighted by Crippen LogP contribution is -2.31. The molecule has 5 nitrogen and oxygen atoms in total. The second-order valence-corrected chi connectivity index (χ2v) is 7.22. The number of rotatable bonds is 5. The molecule has 4 rings (SSSR count). The number of Topliss-reactive ketones (excluding diaryl/α,β-unsaturated/α-hetero) is 1. The van der Waals surface area contributed by atoms with Gasteiger partial charge < -0.3 is 9.84 Å². The Bertz CT molecular complexity index is 1120. The van der Waals surface area contributed by atoms with E-state index < -0.39 is 23.5 Å². The van der Waals surface area contributed by atoms with E-state index in [1.807, 2.05) is 0 Å². The van der Waals surface area contributed by atoms with E-state index >= 15 is 0 Å². The molecule has 150 valence electrons. The molecule has 0 bridgehead atoms. The molecule has 0 aromatic heterocycles. The Labute approximate surface area is 178 Å². The number of hydrogen-bond acceptors (Lipinski definition) is 4.